The van der Waals surface area contributed by atoms with Gasteiger partial charge in [-0.1, -0.05) is 61.5 Å². The molecule has 0 unspecified atom stereocenters. The molecule has 32 heavy (non-hydrogen) atoms. The minimum Gasteiger partial charge on any atom is -0.494 e. The lowest BCUT2D eigenvalue weighted by atomic mass is 10.0. The Kier molecular flexibility index (Phi) is 6.80. The summed E-state index contributed by atoms with van der Waals surface area (Å²) in [5.41, 5.74) is 1.92. The first-order valence-electron chi connectivity index (χ1n) is 11.1. The summed E-state index contributed by atoms with van der Waals surface area (Å²) in [6, 6.07) is 21.4. The summed E-state index contributed by atoms with van der Waals surface area (Å²) in [5.74, 6) is 0.924. The molecule has 1 heterocycles. The van der Waals surface area contributed by atoms with Crippen LogP contribution in [-0.2, 0) is 27.6 Å². The average Bonchev–Trinajstić information content (AvgIpc) is 3.16. The van der Waals surface area contributed by atoms with E-state index in [0.29, 0.717) is 19.6 Å². The zero-order valence-electron chi connectivity index (χ0n) is 18.4. The molecule has 1 atom stereocenters. The highest BCUT2D eigenvalue weighted by atomic mass is 32.2. The third-order valence-corrected chi connectivity index (χ3v) is 7.69. The molecule has 1 amide bonds. The number of carbonyl (C=O) groups is 1. The molecular formula is C26H29NO4S. The number of nitrogens with zero attached hydrogens (tertiary/aromatic N) is 1. The van der Waals surface area contributed by atoms with Crippen LogP contribution < -0.4 is 4.74 Å². The largest absolute Gasteiger partial charge is 0.494 e. The minimum absolute atomic E-state index is 0.0337. The van der Waals surface area contributed by atoms with Gasteiger partial charge in [0.2, 0.25) is 5.91 Å². The molecule has 4 rings (SSSR count). The molecule has 3 aromatic rings. The van der Waals surface area contributed by atoms with Gasteiger partial charge in [-0.15, -0.1) is 0 Å². The molecule has 0 radical (unpaired) electrons. The molecule has 168 valence electrons. The highest BCUT2D eigenvalue weighted by molar-refractivity contribution is 7.91. The van der Waals surface area contributed by atoms with Crippen molar-refractivity contribution in [1.82, 2.24) is 4.90 Å². The van der Waals surface area contributed by atoms with Gasteiger partial charge in [0.05, 0.1) is 24.5 Å². The van der Waals surface area contributed by atoms with Gasteiger partial charge >= 0.3 is 0 Å². The molecule has 0 aromatic heterocycles. The molecule has 1 aliphatic heterocycles. The lowest BCUT2D eigenvalue weighted by molar-refractivity contribution is -0.133. The van der Waals surface area contributed by atoms with Crippen molar-refractivity contribution < 1.29 is 17.9 Å². The number of fused-ring (bicyclic) bond motifs is 1. The van der Waals surface area contributed by atoms with Crippen LogP contribution in [-0.4, -0.2) is 43.4 Å². The maximum absolute atomic E-state index is 13.5. The summed E-state index contributed by atoms with van der Waals surface area (Å²) in [6.07, 6.45) is 1.67. The molecular weight excluding hydrogens is 422 g/mol. The third-order valence-electron chi connectivity index (χ3n) is 5.94. The van der Waals surface area contributed by atoms with Crippen molar-refractivity contribution in [3.63, 3.8) is 0 Å². The SMILES string of the molecule is CCCOc1ccc(CN(C(=O)Cc2cccc3ccccc23)[C@@H]2CCS(=O)(=O)C2)cc1. The molecule has 1 aliphatic rings. The number of rotatable bonds is 8. The summed E-state index contributed by atoms with van der Waals surface area (Å²) in [5, 5.41) is 2.15. The smallest absolute Gasteiger partial charge is 0.227 e. The molecule has 3 aromatic carbocycles. The average molecular weight is 452 g/mol. The number of carbonyl (C=O) groups excluding carboxylic acids is 1. The Morgan fingerprint density at radius 1 is 1.03 bits per heavy atom. The first-order valence-corrected chi connectivity index (χ1v) is 13.0. The standard InChI is InChI=1S/C26H29NO4S/c1-2-15-31-24-12-10-20(11-13-24)18-27(23-14-16-32(29,30)19-23)26(28)17-22-8-5-7-21-6-3-4-9-25(21)22/h3-13,23H,2,14-19H2,1H3/t23-/m1/s1. The van der Waals surface area contributed by atoms with Gasteiger partial charge in [-0.25, -0.2) is 8.42 Å². The number of sulfone groups is 1. The van der Waals surface area contributed by atoms with Crippen LogP contribution in [0.15, 0.2) is 66.7 Å². The van der Waals surface area contributed by atoms with Crippen molar-refractivity contribution in [1.29, 1.82) is 0 Å². The van der Waals surface area contributed by atoms with E-state index < -0.39 is 9.84 Å². The van der Waals surface area contributed by atoms with E-state index in [9.17, 15) is 13.2 Å². The van der Waals surface area contributed by atoms with E-state index in [-0.39, 0.29) is 29.9 Å². The number of benzene rings is 3. The maximum atomic E-state index is 13.5. The van der Waals surface area contributed by atoms with Gasteiger partial charge < -0.3 is 9.64 Å². The Bertz CT molecular complexity index is 1180. The van der Waals surface area contributed by atoms with Gasteiger partial charge in [-0.3, -0.25) is 4.79 Å². The Morgan fingerprint density at radius 2 is 1.78 bits per heavy atom. The van der Waals surface area contributed by atoms with E-state index in [1.807, 2.05) is 66.7 Å². The molecule has 5 nitrogen and oxygen atoms in total. The van der Waals surface area contributed by atoms with Gasteiger partial charge in [0, 0.05) is 12.6 Å². The second-order valence-corrected chi connectivity index (χ2v) is 10.6. The van der Waals surface area contributed by atoms with Crippen LogP contribution in [0.4, 0.5) is 0 Å². The van der Waals surface area contributed by atoms with E-state index in [0.717, 1.165) is 34.1 Å². The zero-order valence-corrected chi connectivity index (χ0v) is 19.2. The lowest BCUT2D eigenvalue weighted by Crippen LogP contribution is -2.41. The fourth-order valence-corrected chi connectivity index (χ4v) is 5.99. The van der Waals surface area contributed by atoms with Gasteiger partial charge in [0.25, 0.3) is 0 Å². The molecule has 0 bridgehead atoms. The van der Waals surface area contributed by atoms with E-state index in [1.54, 1.807) is 4.90 Å². The van der Waals surface area contributed by atoms with Crippen molar-refractivity contribution >= 4 is 26.5 Å². The topological polar surface area (TPSA) is 63.7 Å². The van der Waals surface area contributed by atoms with E-state index in [1.165, 1.54) is 0 Å². The Morgan fingerprint density at radius 3 is 2.50 bits per heavy atom. The second kappa shape index (κ2) is 9.74. The van der Waals surface area contributed by atoms with Crippen LogP contribution in [0.1, 0.15) is 30.9 Å². The summed E-state index contributed by atoms with van der Waals surface area (Å²) < 4.78 is 29.9. The van der Waals surface area contributed by atoms with Crippen LogP contribution in [0.5, 0.6) is 5.75 Å². The summed E-state index contributed by atoms with van der Waals surface area (Å²) in [7, 11) is -3.10. The van der Waals surface area contributed by atoms with Crippen molar-refractivity contribution in [2.24, 2.45) is 0 Å². The first-order chi connectivity index (χ1) is 15.4. The van der Waals surface area contributed by atoms with Gasteiger partial charge in [0.15, 0.2) is 9.84 Å². The predicted octanol–water partition coefficient (Wildman–Crippen LogP) is 4.39. The van der Waals surface area contributed by atoms with Crippen LogP contribution in [0.25, 0.3) is 10.8 Å². The highest BCUT2D eigenvalue weighted by Crippen LogP contribution is 2.24. The van der Waals surface area contributed by atoms with E-state index in [2.05, 4.69) is 6.92 Å². The van der Waals surface area contributed by atoms with Gasteiger partial charge in [-0.2, -0.15) is 0 Å². The number of amides is 1. The molecule has 1 saturated heterocycles. The van der Waals surface area contributed by atoms with Gasteiger partial charge in [-0.05, 0) is 46.9 Å². The quantitative estimate of drug-likeness (QED) is 0.510. The van der Waals surface area contributed by atoms with E-state index >= 15 is 0 Å². The third kappa shape index (κ3) is 5.30. The summed E-state index contributed by atoms with van der Waals surface area (Å²) in [6.45, 7) is 3.11. The number of hydrogen-bond donors (Lipinski definition) is 0. The Hall–Kier alpha value is -2.86. The number of ether oxygens (including phenoxy) is 1. The van der Waals surface area contributed by atoms with Crippen molar-refractivity contribution in [2.75, 3.05) is 18.1 Å². The molecule has 1 fully saturated rings. The first kappa shape index (κ1) is 22.3. The minimum atomic E-state index is -3.10. The maximum Gasteiger partial charge on any atom is 0.227 e. The van der Waals surface area contributed by atoms with Crippen molar-refractivity contribution in [3.05, 3.63) is 77.9 Å². The van der Waals surface area contributed by atoms with Gasteiger partial charge in [0.1, 0.15) is 5.75 Å². The molecule has 0 aliphatic carbocycles. The molecule has 0 saturated carbocycles. The molecule has 0 N–H and O–H groups in total. The normalized spacial score (nSPS) is 17.3. The summed E-state index contributed by atoms with van der Waals surface area (Å²) in [4.78, 5) is 15.2. The monoisotopic (exact) mass is 451 g/mol. The second-order valence-electron chi connectivity index (χ2n) is 8.39. The fraction of sp³-hybridized carbons (Fsp3) is 0.346. The molecule has 0 spiro atoms. The van der Waals surface area contributed by atoms with Crippen LogP contribution in [0.2, 0.25) is 0 Å². The fourth-order valence-electron chi connectivity index (χ4n) is 4.26. The van der Waals surface area contributed by atoms with E-state index in [4.69, 9.17) is 4.74 Å². The van der Waals surface area contributed by atoms with Crippen molar-refractivity contribution in [3.8, 4) is 5.75 Å². The predicted molar refractivity (Wildman–Crippen MR) is 127 cm³/mol. The highest BCUT2D eigenvalue weighted by Gasteiger charge is 2.34. The van der Waals surface area contributed by atoms with Crippen LogP contribution in [0.3, 0.4) is 0 Å². The Balaban J connectivity index is 1.57. The Labute approximate surface area is 189 Å². The number of hydrogen-bond acceptors (Lipinski definition) is 4. The lowest BCUT2D eigenvalue weighted by Gasteiger charge is -2.29. The zero-order chi connectivity index (χ0) is 22.6. The van der Waals surface area contributed by atoms with Crippen LogP contribution >= 0.6 is 0 Å². The van der Waals surface area contributed by atoms with Crippen molar-refractivity contribution in [2.45, 2.75) is 38.8 Å². The molecule has 6 heteroatoms. The van der Waals surface area contributed by atoms with Crippen LogP contribution in [0, 0.1) is 0 Å². The summed E-state index contributed by atoms with van der Waals surface area (Å²) >= 11 is 0.